The van der Waals surface area contributed by atoms with Crippen molar-refractivity contribution >= 4 is 47.2 Å². The summed E-state index contributed by atoms with van der Waals surface area (Å²) in [7, 11) is 1.69. The van der Waals surface area contributed by atoms with Crippen molar-refractivity contribution in [2.24, 2.45) is 5.92 Å². The van der Waals surface area contributed by atoms with Crippen molar-refractivity contribution in [1.82, 2.24) is 15.2 Å². The number of halogens is 2. The first-order valence-electron chi connectivity index (χ1n) is 9.05. The highest BCUT2D eigenvalue weighted by atomic mass is 35.5. The van der Waals surface area contributed by atoms with Crippen LogP contribution in [0.3, 0.4) is 0 Å². The first-order valence-corrected chi connectivity index (χ1v) is 9.86. The quantitative estimate of drug-likeness (QED) is 0.757. The first-order chi connectivity index (χ1) is 12.6. The smallest absolute Gasteiger partial charge is 0.254 e. The Balaban J connectivity index is 0.00000140. The Bertz CT molecular complexity index is 824. The summed E-state index contributed by atoms with van der Waals surface area (Å²) in [5.74, 6) is 1.53. The van der Waals surface area contributed by atoms with Crippen LogP contribution in [-0.4, -0.2) is 42.5 Å². The fourth-order valence-corrected chi connectivity index (χ4v) is 4.74. The third-order valence-corrected chi connectivity index (χ3v) is 6.14. The van der Waals surface area contributed by atoms with Crippen molar-refractivity contribution in [2.75, 3.05) is 32.5 Å². The van der Waals surface area contributed by atoms with Gasteiger partial charge in [-0.2, -0.15) is 0 Å². The van der Waals surface area contributed by atoms with Gasteiger partial charge in [-0.25, -0.2) is 4.98 Å². The molecule has 1 atom stereocenters. The van der Waals surface area contributed by atoms with E-state index in [1.54, 1.807) is 7.11 Å². The van der Waals surface area contributed by atoms with E-state index in [9.17, 15) is 4.79 Å². The van der Waals surface area contributed by atoms with Crippen molar-refractivity contribution in [2.45, 2.75) is 25.8 Å². The van der Waals surface area contributed by atoms with Crippen molar-refractivity contribution < 1.29 is 9.53 Å². The monoisotopic (exact) mass is 444 g/mol. The highest BCUT2D eigenvalue weighted by molar-refractivity contribution is 7.15. The topological polar surface area (TPSA) is 80.5 Å². The van der Waals surface area contributed by atoms with Gasteiger partial charge >= 0.3 is 0 Å². The second kappa shape index (κ2) is 9.78. The Morgan fingerprint density at radius 1 is 1.43 bits per heavy atom. The van der Waals surface area contributed by atoms with E-state index < -0.39 is 0 Å². The zero-order valence-corrected chi connectivity index (χ0v) is 18.2. The number of aromatic nitrogens is 1. The number of thiazole rings is 1. The number of anilines is 1. The molecule has 154 valence electrons. The van der Waals surface area contributed by atoms with Gasteiger partial charge in [0.25, 0.3) is 5.91 Å². The van der Waals surface area contributed by atoms with Crippen LogP contribution in [0.5, 0.6) is 5.75 Å². The molecule has 6 nitrogen and oxygen atoms in total. The van der Waals surface area contributed by atoms with Gasteiger partial charge in [-0.3, -0.25) is 4.79 Å². The molecule has 1 aromatic heterocycles. The lowest BCUT2D eigenvalue weighted by Gasteiger charge is -2.26. The van der Waals surface area contributed by atoms with Gasteiger partial charge in [0.05, 0.1) is 19.3 Å². The summed E-state index contributed by atoms with van der Waals surface area (Å²) in [5, 5.41) is 3.98. The summed E-state index contributed by atoms with van der Waals surface area (Å²) in [6.45, 7) is 3.38. The Kier molecular flexibility index (Phi) is 7.95. The third-order valence-electron chi connectivity index (χ3n) is 5.23. The van der Waals surface area contributed by atoms with Crippen LogP contribution in [0.25, 0.3) is 0 Å². The highest BCUT2D eigenvalue weighted by Gasteiger charge is 2.25. The van der Waals surface area contributed by atoms with Crippen molar-refractivity contribution in [1.29, 1.82) is 0 Å². The standard InChI is InChI=1S/C19H24N4O2S.2ClH/c1-25-16-3-2-13(9-14(16)8-12-4-6-21-10-12)18(24)23-7-5-15-17(11-23)26-19(20)22-15;;/h2-3,9,12,21H,4-8,10-11H2,1H3,(H2,20,22);2*1H. The molecule has 1 amide bonds. The molecule has 0 saturated carbocycles. The van der Waals surface area contributed by atoms with Gasteiger partial charge in [0.15, 0.2) is 5.13 Å². The molecule has 2 aliphatic heterocycles. The van der Waals surface area contributed by atoms with Crippen molar-refractivity contribution in [3.05, 3.63) is 39.9 Å². The lowest BCUT2D eigenvalue weighted by molar-refractivity contribution is 0.0736. The molecule has 0 spiro atoms. The van der Waals surface area contributed by atoms with Crippen LogP contribution in [0.15, 0.2) is 18.2 Å². The molecule has 1 saturated heterocycles. The predicted octanol–water partition coefficient (Wildman–Crippen LogP) is 2.93. The summed E-state index contributed by atoms with van der Waals surface area (Å²) in [5.41, 5.74) is 8.69. The molecule has 28 heavy (non-hydrogen) atoms. The van der Waals surface area contributed by atoms with E-state index in [-0.39, 0.29) is 30.7 Å². The van der Waals surface area contributed by atoms with E-state index in [0.717, 1.165) is 53.4 Å². The number of nitrogens with zero attached hydrogens (tertiary/aromatic N) is 2. The second-order valence-corrected chi connectivity index (χ2v) is 8.10. The molecular weight excluding hydrogens is 419 g/mol. The SMILES string of the molecule is COc1ccc(C(=O)N2CCc3nc(N)sc3C2)cc1CC1CCNC1.Cl.Cl. The van der Waals surface area contributed by atoms with Crippen LogP contribution < -0.4 is 15.8 Å². The number of carbonyl (C=O) groups is 1. The molecule has 1 aromatic carbocycles. The fourth-order valence-electron chi connectivity index (χ4n) is 3.84. The van der Waals surface area contributed by atoms with E-state index in [1.807, 2.05) is 23.1 Å². The fraction of sp³-hybridized carbons (Fsp3) is 0.474. The maximum Gasteiger partial charge on any atom is 0.254 e. The van der Waals surface area contributed by atoms with Gasteiger partial charge in [0, 0.05) is 23.4 Å². The summed E-state index contributed by atoms with van der Waals surface area (Å²) in [6, 6.07) is 5.80. The molecule has 2 aromatic rings. The summed E-state index contributed by atoms with van der Waals surface area (Å²) in [6.07, 6.45) is 2.88. The van der Waals surface area contributed by atoms with Crippen LogP contribution in [0.2, 0.25) is 0 Å². The normalized spacial score (nSPS) is 18.0. The van der Waals surface area contributed by atoms with E-state index in [2.05, 4.69) is 10.3 Å². The van der Waals surface area contributed by atoms with E-state index in [1.165, 1.54) is 17.8 Å². The average Bonchev–Trinajstić information content (AvgIpc) is 3.28. The average molecular weight is 445 g/mol. The molecule has 0 radical (unpaired) electrons. The molecule has 0 bridgehead atoms. The number of fused-ring (bicyclic) bond motifs is 1. The Morgan fingerprint density at radius 3 is 2.96 bits per heavy atom. The molecular formula is C19H26Cl2N4O2S. The zero-order chi connectivity index (χ0) is 18.1. The Morgan fingerprint density at radius 2 is 2.25 bits per heavy atom. The first kappa shape index (κ1) is 22.7. The number of nitrogens with two attached hydrogens (primary N) is 1. The van der Waals surface area contributed by atoms with Crippen LogP contribution in [0, 0.1) is 5.92 Å². The molecule has 4 rings (SSSR count). The summed E-state index contributed by atoms with van der Waals surface area (Å²) >= 11 is 1.48. The van der Waals surface area contributed by atoms with E-state index >= 15 is 0 Å². The van der Waals surface area contributed by atoms with Gasteiger partial charge in [-0.1, -0.05) is 0 Å². The number of nitrogen functional groups attached to an aromatic ring is 1. The second-order valence-electron chi connectivity index (χ2n) is 6.99. The zero-order valence-electron chi connectivity index (χ0n) is 15.8. The number of carbonyl (C=O) groups excluding carboxylic acids is 1. The number of rotatable bonds is 4. The summed E-state index contributed by atoms with van der Waals surface area (Å²) in [4.78, 5) is 20.4. The van der Waals surface area contributed by atoms with Crippen LogP contribution in [0.4, 0.5) is 5.13 Å². The van der Waals surface area contributed by atoms with Gasteiger partial charge in [0.1, 0.15) is 5.75 Å². The van der Waals surface area contributed by atoms with Crippen LogP contribution in [0.1, 0.15) is 32.9 Å². The van der Waals surface area contributed by atoms with Crippen molar-refractivity contribution in [3.63, 3.8) is 0 Å². The van der Waals surface area contributed by atoms with Crippen LogP contribution >= 0.6 is 36.2 Å². The molecule has 3 N–H and O–H groups in total. The number of hydrogen-bond acceptors (Lipinski definition) is 6. The number of nitrogens with one attached hydrogen (secondary N) is 1. The van der Waals surface area contributed by atoms with Gasteiger partial charge in [0.2, 0.25) is 0 Å². The molecule has 3 heterocycles. The van der Waals surface area contributed by atoms with Gasteiger partial charge in [-0.15, -0.1) is 36.2 Å². The number of hydrogen-bond donors (Lipinski definition) is 2. The number of benzene rings is 1. The maximum absolute atomic E-state index is 13.0. The number of amides is 1. The van der Waals surface area contributed by atoms with E-state index in [0.29, 0.717) is 24.1 Å². The molecule has 2 aliphatic rings. The Labute approximate surface area is 181 Å². The minimum absolute atomic E-state index is 0. The minimum atomic E-state index is 0. The molecule has 1 unspecified atom stereocenters. The Hall–Kier alpha value is -1.54. The molecule has 9 heteroatoms. The molecule has 0 aliphatic carbocycles. The van der Waals surface area contributed by atoms with E-state index in [4.69, 9.17) is 10.5 Å². The summed E-state index contributed by atoms with van der Waals surface area (Å²) < 4.78 is 5.52. The van der Waals surface area contributed by atoms with Gasteiger partial charge in [-0.05, 0) is 55.6 Å². The lowest BCUT2D eigenvalue weighted by atomic mass is 9.96. The highest BCUT2D eigenvalue weighted by Crippen LogP contribution is 2.29. The van der Waals surface area contributed by atoms with Crippen LogP contribution in [-0.2, 0) is 19.4 Å². The maximum atomic E-state index is 13.0. The number of methoxy groups -OCH3 is 1. The van der Waals surface area contributed by atoms with Crippen molar-refractivity contribution in [3.8, 4) is 5.75 Å². The largest absolute Gasteiger partial charge is 0.496 e. The molecule has 1 fully saturated rings. The lowest BCUT2D eigenvalue weighted by Crippen LogP contribution is -2.35. The number of ether oxygens (including phenoxy) is 1. The third kappa shape index (κ3) is 4.71. The van der Waals surface area contributed by atoms with Gasteiger partial charge < -0.3 is 20.7 Å². The minimum Gasteiger partial charge on any atom is -0.496 e. The predicted molar refractivity (Wildman–Crippen MR) is 117 cm³/mol.